The van der Waals surface area contributed by atoms with E-state index < -0.39 is 28.7 Å². The minimum absolute atomic E-state index is 0.405. The molecule has 0 radical (unpaired) electrons. The molecule has 3 aromatic rings. The van der Waals surface area contributed by atoms with E-state index in [2.05, 4.69) is 16.9 Å². The predicted octanol–water partition coefficient (Wildman–Crippen LogP) is 6.24. The Hall–Kier alpha value is -3.67. The van der Waals surface area contributed by atoms with E-state index >= 15 is 0 Å². The minimum Gasteiger partial charge on any atom is -0.493 e. The third-order valence-electron chi connectivity index (χ3n) is 6.37. The lowest BCUT2D eigenvalue weighted by Crippen LogP contribution is -2.28. The van der Waals surface area contributed by atoms with Crippen LogP contribution in [0.25, 0.3) is 11.1 Å². The number of aryl methyl sites for hydroxylation is 2. The third-order valence-corrected chi connectivity index (χ3v) is 7.45. The van der Waals surface area contributed by atoms with Crippen LogP contribution < -0.4 is 9.46 Å². The van der Waals surface area contributed by atoms with Gasteiger partial charge in [0.1, 0.15) is 16.7 Å². The monoisotopic (exact) mass is 532 g/mol. The van der Waals surface area contributed by atoms with E-state index in [-0.39, 0.29) is 0 Å². The molecule has 0 fully saturated rings. The molecule has 1 aliphatic rings. The van der Waals surface area contributed by atoms with Crippen LogP contribution in [0.4, 0.5) is 5.69 Å². The number of nitriles is 1. The number of ether oxygens (including phenoxy) is 2. The molecule has 0 aromatic heterocycles. The first-order valence-corrected chi connectivity index (χ1v) is 13.6. The number of nitrogens with one attached hydrogen (secondary N) is 1. The van der Waals surface area contributed by atoms with Gasteiger partial charge in [0, 0.05) is 5.56 Å². The average molecular weight is 533 g/mol. The van der Waals surface area contributed by atoms with Crippen LogP contribution in [-0.2, 0) is 26.9 Å². The van der Waals surface area contributed by atoms with Crippen LogP contribution in [0, 0.1) is 25.2 Å². The Morgan fingerprint density at radius 3 is 2.63 bits per heavy atom. The van der Waals surface area contributed by atoms with Crippen molar-refractivity contribution in [3.8, 4) is 22.9 Å². The summed E-state index contributed by atoms with van der Waals surface area (Å²) in [5, 5.41) is 19.5. The molecule has 8 heteroatoms. The Balaban J connectivity index is 1.88. The van der Waals surface area contributed by atoms with Crippen molar-refractivity contribution in [1.29, 1.82) is 5.26 Å². The highest BCUT2D eigenvalue weighted by molar-refractivity contribution is 7.86. The maximum Gasteiger partial charge on any atom is 0.337 e. The Morgan fingerprint density at radius 1 is 1.18 bits per heavy atom. The number of anilines is 1. The maximum atomic E-state index is 13.2. The molecular weight excluding hydrogens is 500 g/mol. The van der Waals surface area contributed by atoms with Gasteiger partial charge in [0.25, 0.3) is 0 Å². The van der Waals surface area contributed by atoms with Crippen molar-refractivity contribution < 1.29 is 23.6 Å². The van der Waals surface area contributed by atoms with E-state index in [1.165, 1.54) is 0 Å². The van der Waals surface area contributed by atoms with Gasteiger partial charge < -0.3 is 19.3 Å². The summed E-state index contributed by atoms with van der Waals surface area (Å²) in [4.78, 5) is 13.1. The van der Waals surface area contributed by atoms with Gasteiger partial charge in [-0.05, 0) is 112 Å². The Kier molecular flexibility index (Phi) is 7.91. The zero-order chi connectivity index (χ0) is 27.6. The normalized spacial score (nSPS) is 14.5. The molecule has 38 heavy (non-hydrogen) atoms. The van der Waals surface area contributed by atoms with Crippen LogP contribution >= 0.6 is 0 Å². The molecule has 2 atom stereocenters. The zero-order valence-corrected chi connectivity index (χ0v) is 23.1. The molecule has 0 bridgehead atoms. The van der Waals surface area contributed by atoms with Gasteiger partial charge in [0.15, 0.2) is 6.10 Å². The number of fused-ring (bicyclic) bond motifs is 1. The van der Waals surface area contributed by atoms with Crippen molar-refractivity contribution in [2.45, 2.75) is 64.1 Å². The number of rotatable bonds is 7. The van der Waals surface area contributed by atoms with Crippen molar-refractivity contribution in [2.24, 2.45) is 0 Å². The van der Waals surface area contributed by atoms with Crippen molar-refractivity contribution in [3.63, 3.8) is 0 Å². The standard InChI is InChI=1S/C30H32N2O5S/c1-18-14-24(32-38(35)23-10-6-8-20(15-23)17-31)19(2)27(28(29(33)34)37-30(3,4)5)26(18)22-11-12-25-21(16-22)9-7-13-36-25/h6,8,10-12,14-16,28,32H,7,9,13H2,1-5H3,(H,33,34). The fraction of sp³-hybridized carbons (Fsp3) is 0.333. The smallest absolute Gasteiger partial charge is 0.337 e. The molecule has 198 valence electrons. The summed E-state index contributed by atoms with van der Waals surface area (Å²) in [5.41, 5.74) is 4.90. The molecule has 0 aliphatic carbocycles. The number of hydrogen-bond acceptors (Lipinski definition) is 5. The van der Waals surface area contributed by atoms with Gasteiger partial charge in [-0.3, -0.25) is 0 Å². The zero-order valence-electron chi connectivity index (χ0n) is 22.3. The van der Waals surface area contributed by atoms with Crippen LogP contribution in [0.2, 0.25) is 0 Å². The van der Waals surface area contributed by atoms with Gasteiger partial charge in [0.05, 0.1) is 34.4 Å². The number of carbonyl (C=O) groups is 1. The molecule has 0 saturated carbocycles. The van der Waals surface area contributed by atoms with Crippen molar-refractivity contribution in [3.05, 3.63) is 76.3 Å². The predicted molar refractivity (Wildman–Crippen MR) is 148 cm³/mol. The largest absolute Gasteiger partial charge is 0.493 e. The molecule has 1 aliphatic heterocycles. The lowest BCUT2D eigenvalue weighted by atomic mass is 9.86. The highest BCUT2D eigenvalue weighted by Gasteiger charge is 2.32. The number of hydrogen-bond donors (Lipinski definition) is 2. The van der Waals surface area contributed by atoms with Gasteiger partial charge in [-0.1, -0.05) is 12.1 Å². The molecule has 0 spiro atoms. The molecule has 3 aromatic carbocycles. The summed E-state index contributed by atoms with van der Waals surface area (Å²) in [6.07, 6.45) is 0.555. The molecule has 0 saturated heterocycles. The van der Waals surface area contributed by atoms with E-state index in [0.717, 1.165) is 40.8 Å². The fourth-order valence-electron chi connectivity index (χ4n) is 4.70. The topological polar surface area (TPSA) is 109 Å². The van der Waals surface area contributed by atoms with E-state index in [1.54, 1.807) is 24.3 Å². The Labute approximate surface area is 226 Å². The fourth-order valence-corrected chi connectivity index (χ4v) is 5.67. The summed E-state index contributed by atoms with van der Waals surface area (Å²) >= 11 is 0. The summed E-state index contributed by atoms with van der Waals surface area (Å²) < 4.78 is 28.2. The van der Waals surface area contributed by atoms with E-state index in [4.69, 9.17) is 9.47 Å². The summed E-state index contributed by atoms with van der Waals surface area (Å²) in [7, 11) is -1.67. The Morgan fingerprint density at radius 2 is 1.95 bits per heavy atom. The van der Waals surface area contributed by atoms with Crippen LogP contribution in [0.5, 0.6) is 5.75 Å². The van der Waals surface area contributed by atoms with Crippen LogP contribution in [-0.4, -0.2) is 27.5 Å². The lowest BCUT2D eigenvalue weighted by molar-refractivity contribution is -0.160. The summed E-state index contributed by atoms with van der Waals surface area (Å²) in [6.45, 7) is 9.87. The van der Waals surface area contributed by atoms with Gasteiger partial charge in [0.2, 0.25) is 0 Å². The van der Waals surface area contributed by atoms with E-state index in [9.17, 15) is 19.4 Å². The average Bonchev–Trinajstić information content (AvgIpc) is 2.88. The maximum absolute atomic E-state index is 13.2. The highest BCUT2D eigenvalue weighted by Crippen LogP contribution is 2.42. The molecular formula is C30H32N2O5S. The van der Waals surface area contributed by atoms with Crippen LogP contribution in [0.1, 0.15) is 61.1 Å². The second kappa shape index (κ2) is 11.0. The number of nitrogens with zero attached hydrogens (tertiary/aromatic N) is 1. The third kappa shape index (κ3) is 5.90. The number of benzene rings is 3. The van der Waals surface area contributed by atoms with E-state index in [0.29, 0.717) is 33.9 Å². The summed E-state index contributed by atoms with van der Waals surface area (Å²) in [5.74, 6) is -0.255. The summed E-state index contributed by atoms with van der Waals surface area (Å²) in [6, 6.07) is 16.5. The van der Waals surface area contributed by atoms with Crippen molar-refractivity contribution >= 4 is 22.6 Å². The molecule has 1 heterocycles. The number of carboxylic acids is 1. The van der Waals surface area contributed by atoms with E-state index in [1.807, 2.05) is 52.8 Å². The first-order valence-electron chi connectivity index (χ1n) is 12.5. The first kappa shape index (κ1) is 27.4. The van der Waals surface area contributed by atoms with Gasteiger partial charge in [-0.2, -0.15) is 5.26 Å². The second-order valence-corrected chi connectivity index (χ2v) is 11.6. The second-order valence-electron chi connectivity index (χ2n) is 10.4. The van der Waals surface area contributed by atoms with Gasteiger partial charge in [-0.25, -0.2) is 9.00 Å². The molecule has 7 nitrogen and oxygen atoms in total. The number of carboxylic acid groups (broad SMARTS) is 1. The molecule has 0 amide bonds. The van der Waals surface area contributed by atoms with Gasteiger partial charge in [-0.15, -0.1) is 0 Å². The van der Waals surface area contributed by atoms with Crippen LogP contribution in [0.3, 0.4) is 0 Å². The van der Waals surface area contributed by atoms with Crippen LogP contribution in [0.15, 0.2) is 53.4 Å². The Bertz CT molecular complexity index is 1450. The first-order chi connectivity index (χ1) is 18.0. The highest BCUT2D eigenvalue weighted by atomic mass is 32.2. The molecule has 2 unspecified atom stereocenters. The molecule has 2 N–H and O–H groups in total. The lowest BCUT2D eigenvalue weighted by Gasteiger charge is -2.30. The minimum atomic E-state index is -1.67. The quantitative estimate of drug-likeness (QED) is 0.373. The SMILES string of the molecule is Cc1cc(NS(=O)c2cccc(C#N)c2)c(C)c(C(OC(C)(C)C)C(=O)O)c1-c1ccc2c(c1)CCCO2. The van der Waals surface area contributed by atoms with Crippen molar-refractivity contribution in [2.75, 3.05) is 11.3 Å². The molecule has 4 rings (SSSR count). The van der Waals surface area contributed by atoms with Crippen molar-refractivity contribution in [1.82, 2.24) is 0 Å². The van der Waals surface area contributed by atoms with Gasteiger partial charge >= 0.3 is 5.97 Å². The number of aliphatic carboxylic acids is 1.